The molecule has 1 N–H and O–H groups in total. The lowest BCUT2D eigenvalue weighted by atomic mass is 10.2. The molecule has 0 spiro atoms. The number of carboxylic acid groups (broad SMARTS) is 1. The number of carbonyl (C=O) groups is 2. The number of aliphatic carboxylic acids is 1. The van der Waals surface area contributed by atoms with Gasteiger partial charge in [-0.1, -0.05) is 0 Å². The van der Waals surface area contributed by atoms with Gasteiger partial charge in [0.25, 0.3) is 0 Å². The Kier molecular flexibility index (Phi) is 1.79. The van der Waals surface area contributed by atoms with E-state index < -0.39 is 5.97 Å². The van der Waals surface area contributed by atoms with Crippen molar-refractivity contribution in [3.05, 3.63) is 0 Å². The van der Waals surface area contributed by atoms with Crippen LogP contribution in [0.15, 0.2) is 5.10 Å². The molecule has 5 heteroatoms. The number of hydrazone groups is 1. The summed E-state index contributed by atoms with van der Waals surface area (Å²) in [7, 11) is 0. The van der Waals surface area contributed by atoms with Crippen molar-refractivity contribution in [2.24, 2.45) is 11.0 Å². The Labute approximate surface area is 75.0 Å². The third-order valence-electron chi connectivity index (χ3n) is 2.20. The van der Waals surface area contributed by atoms with Crippen LogP contribution in [0.3, 0.4) is 0 Å². The lowest BCUT2D eigenvalue weighted by Crippen LogP contribution is -2.27. The summed E-state index contributed by atoms with van der Waals surface area (Å²) in [4.78, 5) is 21.5. The van der Waals surface area contributed by atoms with Gasteiger partial charge in [-0.05, 0) is 18.8 Å². The van der Waals surface area contributed by atoms with Gasteiger partial charge >= 0.3 is 5.97 Å². The zero-order valence-electron chi connectivity index (χ0n) is 7.06. The smallest absolute Gasteiger partial charge is 0.325 e. The molecule has 1 aliphatic carbocycles. The molecule has 0 bridgehead atoms. The van der Waals surface area contributed by atoms with Crippen molar-refractivity contribution >= 4 is 17.6 Å². The van der Waals surface area contributed by atoms with Gasteiger partial charge in [0.2, 0.25) is 5.91 Å². The summed E-state index contributed by atoms with van der Waals surface area (Å²) in [5.41, 5.74) is 0.867. The van der Waals surface area contributed by atoms with Crippen molar-refractivity contribution in [3.63, 3.8) is 0 Å². The van der Waals surface area contributed by atoms with E-state index in [2.05, 4.69) is 5.10 Å². The molecule has 2 aliphatic rings. The molecule has 1 fully saturated rings. The first-order chi connectivity index (χ1) is 6.16. The molecule has 0 saturated heterocycles. The number of amides is 1. The molecule has 2 rings (SSSR count). The number of nitrogens with zero attached hydrogens (tertiary/aromatic N) is 2. The number of carboxylic acids is 1. The van der Waals surface area contributed by atoms with Crippen molar-refractivity contribution in [2.75, 3.05) is 6.54 Å². The van der Waals surface area contributed by atoms with Gasteiger partial charge < -0.3 is 5.11 Å². The fourth-order valence-electron chi connectivity index (χ4n) is 1.39. The summed E-state index contributed by atoms with van der Waals surface area (Å²) in [6, 6.07) is 0. The van der Waals surface area contributed by atoms with E-state index in [1.807, 2.05) is 0 Å². The van der Waals surface area contributed by atoms with E-state index in [9.17, 15) is 9.59 Å². The topological polar surface area (TPSA) is 70.0 Å². The highest BCUT2D eigenvalue weighted by Crippen LogP contribution is 2.34. The van der Waals surface area contributed by atoms with Gasteiger partial charge in [-0.2, -0.15) is 5.10 Å². The highest BCUT2D eigenvalue weighted by Gasteiger charge is 2.35. The van der Waals surface area contributed by atoms with E-state index >= 15 is 0 Å². The van der Waals surface area contributed by atoms with E-state index in [1.54, 1.807) is 0 Å². The van der Waals surface area contributed by atoms with E-state index in [-0.39, 0.29) is 12.5 Å². The molecule has 0 radical (unpaired) electrons. The molecule has 13 heavy (non-hydrogen) atoms. The van der Waals surface area contributed by atoms with Crippen molar-refractivity contribution in [3.8, 4) is 0 Å². The molecular formula is C8H10N2O3. The molecule has 0 aromatic carbocycles. The number of rotatable bonds is 3. The Morgan fingerprint density at radius 1 is 1.62 bits per heavy atom. The minimum absolute atomic E-state index is 0.190. The Morgan fingerprint density at radius 2 is 2.31 bits per heavy atom. The average Bonchev–Trinajstić information content (AvgIpc) is 2.79. The summed E-state index contributed by atoms with van der Waals surface area (Å²) in [6.45, 7) is -0.310. The molecule has 0 atom stereocenters. The molecule has 0 unspecified atom stereocenters. The molecule has 0 aromatic rings. The SMILES string of the molecule is O=C(O)CN1N=C(C2CC2)CC1=O. The molecular weight excluding hydrogens is 172 g/mol. The molecule has 0 aromatic heterocycles. The minimum atomic E-state index is -1.02. The van der Waals surface area contributed by atoms with Crippen LogP contribution in [-0.4, -0.2) is 34.2 Å². The van der Waals surface area contributed by atoms with Crippen molar-refractivity contribution in [1.82, 2.24) is 5.01 Å². The van der Waals surface area contributed by atoms with Crippen LogP contribution < -0.4 is 0 Å². The quantitative estimate of drug-likeness (QED) is 0.671. The molecule has 1 amide bonds. The van der Waals surface area contributed by atoms with E-state index in [0.717, 1.165) is 23.6 Å². The first kappa shape index (κ1) is 8.22. The normalized spacial score (nSPS) is 22.0. The number of hydrogen-bond acceptors (Lipinski definition) is 3. The van der Waals surface area contributed by atoms with E-state index in [0.29, 0.717) is 12.3 Å². The van der Waals surface area contributed by atoms with Gasteiger partial charge in [-0.3, -0.25) is 9.59 Å². The minimum Gasteiger partial charge on any atom is -0.480 e. The van der Waals surface area contributed by atoms with Crippen LogP contribution in [0.4, 0.5) is 0 Å². The summed E-state index contributed by atoms with van der Waals surface area (Å²) in [6.07, 6.45) is 2.50. The first-order valence-electron chi connectivity index (χ1n) is 4.26. The Balaban J connectivity index is 2.02. The van der Waals surface area contributed by atoms with Crippen LogP contribution >= 0.6 is 0 Å². The van der Waals surface area contributed by atoms with Crippen molar-refractivity contribution in [2.45, 2.75) is 19.3 Å². The second-order valence-electron chi connectivity index (χ2n) is 3.39. The largest absolute Gasteiger partial charge is 0.480 e. The van der Waals surface area contributed by atoms with Crippen LogP contribution in [0.1, 0.15) is 19.3 Å². The van der Waals surface area contributed by atoms with Crippen LogP contribution in [0.5, 0.6) is 0 Å². The van der Waals surface area contributed by atoms with Gasteiger partial charge in [0.15, 0.2) is 0 Å². The van der Waals surface area contributed by atoms with Gasteiger partial charge in [-0.15, -0.1) is 0 Å². The molecule has 1 heterocycles. The van der Waals surface area contributed by atoms with Crippen LogP contribution in [0.25, 0.3) is 0 Å². The third kappa shape index (κ3) is 1.68. The molecule has 1 saturated carbocycles. The van der Waals surface area contributed by atoms with Gasteiger partial charge in [0.05, 0.1) is 12.1 Å². The predicted octanol–water partition coefficient (Wildman–Crippen LogP) is 0.0693. The van der Waals surface area contributed by atoms with Gasteiger partial charge in [0.1, 0.15) is 6.54 Å². The maximum Gasteiger partial charge on any atom is 0.325 e. The van der Waals surface area contributed by atoms with E-state index in [1.165, 1.54) is 0 Å². The van der Waals surface area contributed by atoms with Gasteiger partial charge in [0, 0.05) is 0 Å². The average molecular weight is 182 g/mol. The predicted molar refractivity (Wildman–Crippen MR) is 44.1 cm³/mol. The second kappa shape index (κ2) is 2.83. The zero-order chi connectivity index (χ0) is 9.42. The Bertz CT molecular complexity index is 294. The lowest BCUT2D eigenvalue weighted by Gasteiger charge is -2.06. The van der Waals surface area contributed by atoms with Crippen LogP contribution in [0.2, 0.25) is 0 Å². The molecule has 1 aliphatic heterocycles. The fourth-order valence-corrected chi connectivity index (χ4v) is 1.39. The fraction of sp³-hybridized carbons (Fsp3) is 0.625. The summed E-state index contributed by atoms with van der Waals surface area (Å²) >= 11 is 0. The maximum atomic E-state index is 11.2. The highest BCUT2D eigenvalue weighted by molar-refractivity contribution is 6.07. The van der Waals surface area contributed by atoms with Crippen molar-refractivity contribution < 1.29 is 14.7 Å². The van der Waals surface area contributed by atoms with Crippen molar-refractivity contribution in [1.29, 1.82) is 0 Å². The maximum absolute atomic E-state index is 11.2. The highest BCUT2D eigenvalue weighted by atomic mass is 16.4. The summed E-state index contributed by atoms with van der Waals surface area (Å²) < 4.78 is 0. The third-order valence-corrected chi connectivity index (χ3v) is 2.20. The standard InChI is InChI=1S/C8H10N2O3/c11-7-3-6(5-1-2-5)9-10(7)4-8(12)13/h5H,1-4H2,(H,12,13). The monoisotopic (exact) mass is 182 g/mol. The molecule has 5 nitrogen and oxygen atoms in total. The lowest BCUT2D eigenvalue weighted by molar-refractivity contribution is -0.143. The van der Waals surface area contributed by atoms with Crippen LogP contribution in [0, 0.1) is 5.92 Å². The summed E-state index contributed by atoms with van der Waals surface area (Å²) in [5, 5.41) is 13.5. The second-order valence-corrected chi connectivity index (χ2v) is 3.39. The molecule has 70 valence electrons. The summed E-state index contributed by atoms with van der Waals surface area (Å²) in [5.74, 6) is -0.763. The first-order valence-corrected chi connectivity index (χ1v) is 4.26. The number of hydrogen-bond donors (Lipinski definition) is 1. The zero-order valence-corrected chi connectivity index (χ0v) is 7.06. The van der Waals surface area contributed by atoms with Crippen LogP contribution in [-0.2, 0) is 9.59 Å². The Morgan fingerprint density at radius 3 is 2.85 bits per heavy atom. The Hall–Kier alpha value is -1.39. The van der Waals surface area contributed by atoms with E-state index in [4.69, 9.17) is 5.11 Å². The van der Waals surface area contributed by atoms with Gasteiger partial charge in [-0.25, -0.2) is 5.01 Å². The number of carbonyl (C=O) groups excluding carboxylic acids is 1.